The minimum Gasteiger partial charge on any atom is -0.309 e. The molecule has 0 atom stereocenters. The Morgan fingerprint density at radius 2 is 0.882 bits per heavy atom. The third-order valence-corrected chi connectivity index (χ3v) is 13.4. The van der Waals surface area contributed by atoms with E-state index in [-0.39, 0.29) is 0 Å². The first-order valence-corrected chi connectivity index (χ1v) is 19.3. The maximum absolute atomic E-state index is 15.3. The number of fused-ring (bicyclic) bond motifs is 3. The topological polar surface area (TPSA) is 55.7 Å². The zero-order chi connectivity index (χ0) is 34.2. The summed E-state index contributed by atoms with van der Waals surface area (Å²) >= 11 is 1.76. The van der Waals surface area contributed by atoms with Crippen LogP contribution in [0.2, 0.25) is 0 Å². The van der Waals surface area contributed by atoms with Crippen LogP contribution in [0.5, 0.6) is 0 Å². The van der Waals surface area contributed by atoms with Crippen LogP contribution in [-0.2, 0) is 4.57 Å². The van der Waals surface area contributed by atoms with Crippen molar-refractivity contribution in [3.05, 3.63) is 182 Å². The van der Waals surface area contributed by atoms with Crippen molar-refractivity contribution in [2.24, 2.45) is 0 Å². The van der Waals surface area contributed by atoms with Crippen molar-refractivity contribution in [3.8, 4) is 45.3 Å². The number of nitrogens with zero attached hydrogens (tertiary/aromatic N) is 3. The normalized spacial score (nSPS) is 11.6. The molecule has 0 saturated heterocycles. The van der Waals surface area contributed by atoms with Crippen LogP contribution < -0.4 is 15.9 Å². The van der Waals surface area contributed by atoms with Crippen LogP contribution in [0.1, 0.15) is 0 Å². The minimum absolute atomic E-state index is 0.605. The smallest absolute Gasteiger partial charge is 0.171 e. The SMILES string of the molecule is O=P(c1ccccc1)(c1ccccc1)c1cccc(-c2cc(-c3nc(-c4ccccc4)nc(-c4ccccc4)n3)c3c(c2)sc2ccccc23)c1. The van der Waals surface area contributed by atoms with E-state index >= 15 is 4.57 Å². The molecule has 6 heteroatoms. The van der Waals surface area contributed by atoms with Gasteiger partial charge in [-0.3, -0.25) is 0 Å². The number of aromatic nitrogens is 3. The van der Waals surface area contributed by atoms with E-state index in [2.05, 4.69) is 48.5 Å². The van der Waals surface area contributed by atoms with E-state index < -0.39 is 7.14 Å². The lowest BCUT2D eigenvalue weighted by Crippen LogP contribution is -2.25. The Morgan fingerprint density at radius 1 is 0.392 bits per heavy atom. The van der Waals surface area contributed by atoms with Crippen LogP contribution in [0.3, 0.4) is 0 Å². The Bertz CT molecular complexity index is 2610. The van der Waals surface area contributed by atoms with Crippen molar-refractivity contribution in [2.75, 3.05) is 0 Å². The van der Waals surface area contributed by atoms with Crippen LogP contribution in [0.4, 0.5) is 0 Å². The second-order valence-corrected chi connectivity index (χ2v) is 16.2. The van der Waals surface area contributed by atoms with Crippen molar-refractivity contribution >= 4 is 54.6 Å². The Hall–Kier alpha value is -6.00. The van der Waals surface area contributed by atoms with E-state index in [0.29, 0.717) is 17.5 Å². The van der Waals surface area contributed by atoms with Gasteiger partial charge in [0.2, 0.25) is 0 Å². The molecule has 2 aromatic heterocycles. The predicted octanol–water partition coefficient (Wildman–Crippen LogP) is 10.5. The quantitative estimate of drug-likeness (QED) is 0.156. The zero-order valence-electron chi connectivity index (χ0n) is 27.4. The molecule has 0 spiro atoms. The van der Waals surface area contributed by atoms with Crippen LogP contribution in [0.15, 0.2) is 182 Å². The second-order valence-electron chi connectivity index (χ2n) is 12.4. The summed E-state index contributed by atoms with van der Waals surface area (Å²) < 4.78 is 17.7. The lowest BCUT2D eigenvalue weighted by molar-refractivity contribution is 0.592. The highest BCUT2D eigenvalue weighted by Crippen LogP contribution is 2.45. The van der Waals surface area contributed by atoms with Gasteiger partial charge in [0.25, 0.3) is 0 Å². The molecule has 0 unspecified atom stereocenters. The summed E-state index contributed by atoms with van der Waals surface area (Å²) in [6.45, 7) is 0. The molecule has 0 aliphatic carbocycles. The van der Waals surface area contributed by atoms with Gasteiger partial charge < -0.3 is 4.57 Å². The van der Waals surface area contributed by atoms with Gasteiger partial charge in [0.1, 0.15) is 0 Å². The van der Waals surface area contributed by atoms with Gasteiger partial charge in [-0.1, -0.05) is 158 Å². The molecule has 9 aromatic rings. The highest BCUT2D eigenvalue weighted by Gasteiger charge is 2.30. The summed E-state index contributed by atoms with van der Waals surface area (Å²) in [5.74, 6) is 1.84. The average molecular weight is 692 g/mol. The molecule has 2 heterocycles. The molecule has 4 nitrogen and oxygen atoms in total. The van der Waals surface area contributed by atoms with Gasteiger partial charge >= 0.3 is 0 Å². The lowest BCUT2D eigenvalue weighted by Gasteiger charge is -2.21. The van der Waals surface area contributed by atoms with Gasteiger partial charge in [-0.25, -0.2) is 15.0 Å². The fourth-order valence-electron chi connectivity index (χ4n) is 6.73. The second kappa shape index (κ2) is 13.0. The number of rotatable bonds is 7. The Balaban J connectivity index is 1.29. The Morgan fingerprint density at radius 3 is 1.49 bits per heavy atom. The van der Waals surface area contributed by atoms with Crippen LogP contribution in [0, 0.1) is 0 Å². The van der Waals surface area contributed by atoms with E-state index in [9.17, 15) is 0 Å². The Kier molecular flexibility index (Phi) is 7.93. The van der Waals surface area contributed by atoms with Crippen LogP contribution in [-0.4, -0.2) is 15.0 Å². The Labute approximate surface area is 300 Å². The number of hydrogen-bond donors (Lipinski definition) is 0. The maximum atomic E-state index is 15.3. The summed E-state index contributed by atoms with van der Waals surface area (Å²) in [6.07, 6.45) is 0. The highest BCUT2D eigenvalue weighted by molar-refractivity contribution is 7.85. The van der Waals surface area contributed by atoms with Gasteiger partial charge in [0, 0.05) is 52.8 Å². The molecule has 0 radical (unpaired) electrons. The van der Waals surface area contributed by atoms with Crippen LogP contribution >= 0.6 is 18.5 Å². The largest absolute Gasteiger partial charge is 0.309 e. The average Bonchev–Trinajstić information content (AvgIpc) is 3.60. The zero-order valence-corrected chi connectivity index (χ0v) is 29.1. The number of thiophene rings is 1. The van der Waals surface area contributed by atoms with Crippen molar-refractivity contribution in [3.63, 3.8) is 0 Å². The van der Waals surface area contributed by atoms with E-state index in [1.54, 1.807) is 11.3 Å². The molecule has 0 saturated carbocycles. The number of hydrogen-bond acceptors (Lipinski definition) is 5. The van der Waals surface area contributed by atoms with E-state index in [1.165, 1.54) is 4.70 Å². The van der Waals surface area contributed by atoms with Crippen molar-refractivity contribution in [2.45, 2.75) is 0 Å². The van der Waals surface area contributed by atoms with Gasteiger partial charge in [-0.15, -0.1) is 11.3 Å². The first-order valence-electron chi connectivity index (χ1n) is 16.8. The summed E-state index contributed by atoms with van der Waals surface area (Å²) in [4.78, 5) is 15.2. The van der Waals surface area contributed by atoms with Gasteiger partial charge in [-0.2, -0.15) is 0 Å². The molecule has 9 rings (SSSR count). The molecule has 0 aliphatic heterocycles. The molecular formula is C45H30N3OPS. The molecule has 0 aliphatic rings. The van der Waals surface area contributed by atoms with Crippen molar-refractivity contribution in [1.82, 2.24) is 15.0 Å². The molecule has 0 bridgehead atoms. The molecule has 7 aromatic carbocycles. The van der Waals surface area contributed by atoms with E-state index in [1.807, 2.05) is 133 Å². The first kappa shape index (κ1) is 31.0. The molecule has 51 heavy (non-hydrogen) atoms. The summed E-state index contributed by atoms with van der Waals surface area (Å²) in [7, 11) is -3.18. The van der Waals surface area contributed by atoms with Gasteiger partial charge in [0.05, 0.1) is 0 Å². The summed E-state index contributed by atoms with van der Waals surface area (Å²) in [5, 5.41) is 4.67. The standard InChI is InChI=1S/C45H30N3OPS/c49-50(35-21-9-3-10-22-35,36-23-11-4-12-24-36)37-25-15-20-33(28-37)34-29-39(42-38-26-13-14-27-40(38)51-41(42)30-34)45-47-43(31-16-5-1-6-17-31)46-44(48-45)32-18-7-2-8-19-32/h1-30H. The first-order chi connectivity index (χ1) is 25.1. The van der Waals surface area contributed by atoms with Crippen LogP contribution in [0.25, 0.3) is 65.5 Å². The number of benzene rings is 7. The fourth-order valence-corrected chi connectivity index (χ4v) is 10.6. The van der Waals surface area contributed by atoms with Gasteiger partial charge in [0.15, 0.2) is 24.6 Å². The van der Waals surface area contributed by atoms with Crippen molar-refractivity contribution in [1.29, 1.82) is 0 Å². The van der Waals surface area contributed by atoms with Crippen molar-refractivity contribution < 1.29 is 4.57 Å². The third-order valence-electron chi connectivity index (χ3n) is 9.20. The van der Waals surface area contributed by atoms with E-state index in [0.717, 1.165) is 59.2 Å². The minimum atomic E-state index is -3.18. The van der Waals surface area contributed by atoms with Gasteiger partial charge in [-0.05, 0) is 35.4 Å². The molecule has 0 N–H and O–H groups in total. The monoisotopic (exact) mass is 691 g/mol. The molecule has 242 valence electrons. The summed E-state index contributed by atoms with van der Waals surface area (Å²) in [6, 6.07) is 60.9. The maximum Gasteiger partial charge on any atom is 0.171 e. The highest BCUT2D eigenvalue weighted by atomic mass is 32.1. The molecular weight excluding hydrogens is 662 g/mol. The predicted molar refractivity (Wildman–Crippen MR) is 214 cm³/mol. The molecule has 0 fully saturated rings. The summed E-state index contributed by atoms with van der Waals surface area (Å²) in [5.41, 5.74) is 4.75. The fraction of sp³-hybridized carbons (Fsp3) is 0. The van der Waals surface area contributed by atoms with E-state index in [4.69, 9.17) is 15.0 Å². The lowest BCUT2D eigenvalue weighted by atomic mass is 9.98. The molecule has 0 amide bonds. The third kappa shape index (κ3) is 5.67.